The first kappa shape index (κ1) is 13.0. The molecule has 4 nitrogen and oxygen atoms in total. The summed E-state index contributed by atoms with van der Waals surface area (Å²) in [6.45, 7) is 2.13. The number of aliphatic hydroxyl groups excluding tert-OH is 2. The second-order valence-corrected chi connectivity index (χ2v) is 4.77. The van der Waals surface area contributed by atoms with Crippen molar-refractivity contribution in [1.29, 1.82) is 0 Å². The maximum atomic E-state index is 10.7. The second kappa shape index (κ2) is 7.44. The lowest BCUT2D eigenvalue weighted by molar-refractivity contribution is 0.0923. The van der Waals surface area contributed by atoms with Crippen LogP contribution in [0.2, 0.25) is 0 Å². The topological polar surface area (TPSA) is 69.6 Å². The smallest absolute Gasteiger partial charge is 0.0895 e. The Bertz CT molecular complexity index is 154. The molecule has 0 fully saturated rings. The van der Waals surface area contributed by atoms with Gasteiger partial charge in [0.25, 0.3) is 0 Å². The maximum absolute atomic E-state index is 10.7. The molecule has 0 aliphatic rings. The standard InChI is InChI=1S/C8H19NO3S/c1-7(3-4-13(2)12)9-5-8(11)6-10/h7-11H,3-6H2,1-2H3. The number of nitrogens with one attached hydrogen (secondary N) is 1. The van der Waals surface area contributed by atoms with Gasteiger partial charge >= 0.3 is 0 Å². The van der Waals surface area contributed by atoms with Gasteiger partial charge in [-0.2, -0.15) is 0 Å². The van der Waals surface area contributed by atoms with Crippen LogP contribution in [0, 0.1) is 0 Å². The van der Waals surface area contributed by atoms with Gasteiger partial charge in [0.1, 0.15) is 0 Å². The van der Waals surface area contributed by atoms with E-state index < -0.39 is 16.9 Å². The lowest BCUT2D eigenvalue weighted by Crippen LogP contribution is -2.36. The Hall–Kier alpha value is 0.0300. The van der Waals surface area contributed by atoms with Crippen LogP contribution in [0.3, 0.4) is 0 Å². The molecule has 0 saturated heterocycles. The molecule has 0 rings (SSSR count). The van der Waals surface area contributed by atoms with Gasteiger partial charge in [0.05, 0.1) is 12.7 Å². The van der Waals surface area contributed by atoms with E-state index >= 15 is 0 Å². The summed E-state index contributed by atoms with van der Waals surface area (Å²) in [5, 5.41) is 20.6. The minimum Gasteiger partial charge on any atom is -0.394 e. The molecule has 3 atom stereocenters. The Morgan fingerprint density at radius 3 is 2.62 bits per heavy atom. The molecule has 0 aliphatic heterocycles. The molecule has 0 saturated carbocycles. The van der Waals surface area contributed by atoms with Gasteiger partial charge in [-0.15, -0.1) is 0 Å². The molecule has 0 heterocycles. The van der Waals surface area contributed by atoms with Crippen LogP contribution in [-0.2, 0) is 10.8 Å². The molecule has 0 amide bonds. The highest BCUT2D eigenvalue weighted by atomic mass is 32.2. The van der Waals surface area contributed by atoms with Gasteiger partial charge in [0.2, 0.25) is 0 Å². The zero-order valence-corrected chi connectivity index (χ0v) is 9.01. The number of rotatable bonds is 7. The summed E-state index contributed by atoms with van der Waals surface area (Å²) < 4.78 is 10.7. The zero-order chi connectivity index (χ0) is 10.3. The van der Waals surface area contributed by atoms with E-state index in [0.29, 0.717) is 12.3 Å². The SMILES string of the molecule is CC(CCS(C)=O)NCC(O)CO. The van der Waals surface area contributed by atoms with Gasteiger partial charge in [-0.25, -0.2) is 0 Å². The normalized spacial score (nSPS) is 18.2. The minimum absolute atomic E-state index is 0.223. The summed E-state index contributed by atoms with van der Waals surface area (Å²) >= 11 is 0. The van der Waals surface area contributed by atoms with E-state index in [0.717, 1.165) is 6.42 Å². The van der Waals surface area contributed by atoms with E-state index in [2.05, 4.69) is 5.32 Å². The Morgan fingerprint density at radius 2 is 2.15 bits per heavy atom. The molecule has 0 aromatic heterocycles. The highest BCUT2D eigenvalue weighted by molar-refractivity contribution is 7.84. The average molecular weight is 209 g/mol. The lowest BCUT2D eigenvalue weighted by atomic mass is 10.2. The zero-order valence-electron chi connectivity index (χ0n) is 8.19. The van der Waals surface area contributed by atoms with Crippen molar-refractivity contribution < 1.29 is 14.4 Å². The molecule has 0 spiro atoms. The maximum Gasteiger partial charge on any atom is 0.0895 e. The highest BCUT2D eigenvalue weighted by Crippen LogP contribution is 1.92. The monoisotopic (exact) mass is 209 g/mol. The molecular formula is C8H19NO3S. The fraction of sp³-hybridized carbons (Fsp3) is 1.00. The van der Waals surface area contributed by atoms with Crippen LogP contribution >= 0.6 is 0 Å². The molecule has 0 radical (unpaired) electrons. The predicted octanol–water partition coefficient (Wildman–Crippen LogP) is -0.914. The minimum atomic E-state index is -0.754. The third-order valence-corrected chi connectivity index (χ3v) is 2.56. The van der Waals surface area contributed by atoms with Crippen LogP contribution < -0.4 is 5.32 Å². The molecule has 3 unspecified atom stereocenters. The van der Waals surface area contributed by atoms with E-state index in [-0.39, 0.29) is 12.6 Å². The van der Waals surface area contributed by atoms with Crippen molar-refractivity contribution in [3.8, 4) is 0 Å². The third-order valence-electron chi connectivity index (χ3n) is 1.75. The fourth-order valence-corrected chi connectivity index (χ4v) is 1.53. The molecule has 0 bridgehead atoms. The third kappa shape index (κ3) is 8.36. The summed E-state index contributed by atoms with van der Waals surface area (Å²) in [7, 11) is -0.754. The highest BCUT2D eigenvalue weighted by Gasteiger charge is 2.05. The van der Waals surface area contributed by atoms with Crippen LogP contribution in [0.4, 0.5) is 0 Å². The molecule has 0 aromatic carbocycles. The summed E-state index contributed by atoms with van der Waals surface area (Å²) in [5.41, 5.74) is 0. The summed E-state index contributed by atoms with van der Waals surface area (Å²) in [6.07, 6.45) is 1.80. The van der Waals surface area contributed by atoms with Gasteiger partial charge < -0.3 is 15.5 Å². The average Bonchev–Trinajstić information content (AvgIpc) is 2.10. The first-order chi connectivity index (χ1) is 6.06. The van der Waals surface area contributed by atoms with Crippen LogP contribution in [0.5, 0.6) is 0 Å². The van der Waals surface area contributed by atoms with Crippen molar-refractivity contribution in [2.45, 2.75) is 25.5 Å². The van der Waals surface area contributed by atoms with Crippen LogP contribution in [0.15, 0.2) is 0 Å². The Kier molecular flexibility index (Phi) is 7.45. The van der Waals surface area contributed by atoms with E-state index in [9.17, 15) is 4.21 Å². The molecule has 3 N–H and O–H groups in total. The second-order valence-electron chi connectivity index (χ2n) is 3.21. The fourth-order valence-electron chi connectivity index (χ4n) is 0.847. The summed E-state index contributed by atoms with van der Waals surface area (Å²) in [5.74, 6) is 0.670. The quantitative estimate of drug-likeness (QED) is 0.507. The lowest BCUT2D eigenvalue weighted by Gasteiger charge is -2.15. The predicted molar refractivity (Wildman–Crippen MR) is 54.1 cm³/mol. The number of aliphatic hydroxyl groups is 2. The Balaban J connectivity index is 3.39. The van der Waals surface area contributed by atoms with Crippen molar-refractivity contribution in [3.63, 3.8) is 0 Å². The largest absolute Gasteiger partial charge is 0.394 e. The molecule has 0 aromatic rings. The van der Waals surface area contributed by atoms with Gasteiger partial charge in [-0.05, 0) is 13.3 Å². The van der Waals surface area contributed by atoms with Crippen LogP contribution in [-0.4, -0.2) is 51.7 Å². The first-order valence-corrected chi connectivity index (χ1v) is 6.11. The van der Waals surface area contributed by atoms with Crippen LogP contribution in [0.1, 0.15) is 13.3 Å². The molecule has 0 aliphatic carbocycles. The molecule has 5 heteroatoms. The molecular weight excluding hydrogens is 190 g/mol. The van der Waals surface area contributed by atoms with Crippen molar-refractivity contribution in [1.82, 2.24) is 5.32 Å². The van der Waals surface area contributed by atoms with Crippen molar-refractivity contribution in [3.05, 3.63) is 0 Å². The number of hydrogen-bond acceptors (Lipinski definition) is 4. The Morgan fingerprint density at radius 1 is 1.54 bits per heavy atom. The van der Waals surface area contributed by atoms with Gasteiger partial charge in [0.15, 0.2) is 0 Å². The van der Waals surface area contributed by atoms with E-state index in [4.69, 9.17) is 10.2 Å². The Labute approximate surface area is 81.8 Å². The van der Waals surface area contributed by atoms with E-state index in [1.54, 1.807) is 6.26 Å². The van der Waals surface area contributed by atoms with Gasteiger partial charge in [-0.3, -0.25) is 4.21 Å². The molecule has 13 heavy (non-hydrogen) atoms. The summed E-state index contributed by atoms with van der Waals surface area (Å²) in [6, 6.07) is 0.227. The van der Waals surface area contributed by atoms with Crippen molar-refractivity contribution >= 4 is 10.8 Å². The summed E-state index contributed by atoms with van der Waals surface area (Å²) in [4.78, 5) is 0. The molecule has 80 valence electrons. The van der Waals surface area contributed by atoms with Gasteiger partial charge in [-0.1, -0.05) is 0 Å². The first-order valence-electron chi connectivity index (χ1n) is 4.38. The van der Waals surface area contributed by atoms with Crippen LogP contribution in [0.25, 0.3) is 0 Å². The van der Waals surface area contributed by atoms with Crippen molar-refractivity contribution in [2.24, 2.45) is 0 Å². The van der Waals surface area contributed by atoms with E-state index in [1.807, 2.05) is 6.92 Å². The van der Waals surface area contributed by atoms with Gasteiger partial charge in [0, 0.05) is 35.4 Å². The van der Waals surface area contributed by atoms with Crippen molar-refractivity contribution in [2.75, 3.05) is 25.2 Å². The van der Waals surface area contributed by atoms with E-state index in [1.165, 1.54) is 0 Å². The number of hydrogen-bond donors (Lipinski definition) is 3.